The summed E-state index contributed by atoms with van der Waals surface area (Å²) in [5.74, 6) is 0. The molecule has 1 aromatic rings. The molecule has 1 heterocycles. The Labute approximate surface area is 130 Å². The Morgan fingerprint density at radius 3 is 2.33 bits per heavy atom. The van der Waals surface area contributed by atoms with Gasteiger partial charge in [0.05, 0.1) is 6.10 Å². The first-order chi connectivity index (χ1) is 9.69. The molecule has 1 aliphatic heterocycles. The first kappa shape index (κ1) is 16.4. The first-order valence-corrected chi connectivity index (χ1v) is 7.85. The highest BCUT2D eigenvalue weighted by atomic mass is 16.5. The number of nitrogens with zero attached hydrogens (tertiary/aromatic N) is 1. The third-order valence-corrected chi connectivity index (χ3v) is 4.87. The summed E-state index contributed by atoms with van der Waals surface area (Å²) in [6.45, 7) is 10.4. The molecule has 1 N–H and O–H groups in total. The van der Waals surface area contributed by atoms with Crippen molar-refractivity contribution in [2.24, 2.45) is 0 Å². The van der Waals surface area contributed by atoms with Crippen molar-refractivity contribution < 1.29 is 9.76 Å². The summed E-state index contributed by atoms with van der Waals surface area (Å²) in [5, 5.41) is 9.71. The van der Waals surface area contributed by atoms with Gasteiger partial charge in [-0.05, 0) is 37.7 Å². The highest BCUT2D eigenvalue weighted by Gasteiger charge is 2.33. The summed E-state index contributed by atoms with van der Waals surface area (Å²) in [6.07, 6.45) is 0.686. The largest absolute Gasteiger partial charge is 0.430 e. The molecular weight excluding hydrogens is 260 g/mol. The molecule has 21 heavy (non-hydrogen) atoms. The zero-order valence-corrected chi connectivity index (χ0v) is 14.0. The lowest BCUT2D eigenvalue weighted by molar-refractivity contribution is 0.0767. The van der Waals surface area contributed by atoms with Crippen molar-refractivity contribution >= 4 is 26.5 Å². The van der Waals surface area contributed by atoms with Crippen LogP contribution in [0.25, 0.3) is 0 Å². The average molecular weight is 287 g/mol. The molecule has 0 saturated carbocycles. The van der Waals surface area contributed by atoms with Gasteiger partial charge in [0.1, 0.15) is 7.85 Å². The van der Waals surface area contributed by atoms with Crippen molar-refractivity contribution in [2.75, 3.05) is 18.0 Å². The summed E-state index contributed by atoms with van der Waals surface area (Å²) in [5.41, 5.74) is 2.21. The molecule has 0 aliphatic carbocycles. The molecule has 1 fully saturated rings. The Kier molecular flexibility index (Phi) is 4.74. The highest BCUT2D eigenvalue weighted by molar-refractivity contribution is 6.47. The Morgan fingerprint density at radius 1 is 1.24 bits per heavy atom. The van der Waals surface area contributed by atoms with Crippen LogP contribution in [-0.2, 0) is 4.65 Å². The Bertz CT molecular complexity index is 468. The van der Waals surface area contributed by atoms with Crippen LogP contribution >= 0.6 is 0 Å². The average Bonchev–Trinajstić information content (AvgIpc) is 2.82. The van der Waals surface area contributed by atoms with Crippen LogP contribution in [0.3, 0.4) is 0 Å². The molecule has 3 nitrogen and oxygen atoms in total. The molecule has 5 heteroatoms. The van der Waals surface area contributed by atoms with Crippen LogP contribution < -0.4 is 10.4 Å². The molecular formula is C16H27B2NO2. The van der Waals surface area contributed by atoms with Gasteiger partial charge in [-0.25, -0.2) is 0 Å². The number of benzene rings is 1. The fourth-order valence-electron chi connectivity index (χ4n) is 2.26. The van der Waals surface area contributed by atoms with Crippen molar-refractivity contribution in [3.05, 3.63) is 24.3 Å². The second kappa shape index (κ2) is 6.05. The van der Waals surface area contributed by atoms with Crippen LogP contribution in [0.2, 0.25) is 5.31 Å². The maximum Gasteiger partial charge on any atom is 0.309 e. The number of anilines is 1. The predicted molar refractivity (Wildman–Crippen MR) is 93.8 cm³/mol. The van der Waals surface area contributed by atoms with Gasteiger partial charge >= 0.3 is 7.48 Å². The summed E-state index contributed by atoms with van der Waals surface area (Å²) < 4.78 is 6.11. The monoisotopic (exact) mass is 287 g/mol. The fourth-order valence-corrected chi connectivity index (χ4v) is 2.26. The van der Waals surface area contributed by atoms with Crippen LogP contribution in [0.4, 0.5) is 5.69 Å². The summed E-state index contributed by atoms with van der Waals surface area (Å²) in [6, 6.07) is 8.50. The van der Waals surface area contributed by atoms with Crippen molar-refractivity contribution in [3.63, 3.8) is 0 Å². The molecule has 0 amide bonds. The molecule has 1 aliphatic rings. The van der Waals surface area contributed by atoms with E-state index in [9.17, 15) is 5.11 Å². The number of aliphatic hydroxyl groups is 1. The third kappa shape index (κ3) is 4.04. The van der Waals surface area contributed by atoms with E-state index in [0.29, 0.717) is 7.48 Å². The molecule has 0 bridgehead atoms. The van der Waals surface area contributed by atoms with Crippen molar-refractivity contribution in [2.45, 2.75) is 51.1 Å². The fraction of sp³-hybridized carbons (Fsp3) is 0.625. The van der Waals surface area contributed by atoms with Crippen molar-refractivity contribution in [1.82, 2.24) is 0 Å². The number of hydrogen-bond acceptors (Lipinski definition) is 3. The summed E-state index contributed by atoms with van der Waals surface area (Å²) >= 11 is 0. The van der Waals surface area contributed by atoms with E-state index in [1.165, 1.54) is 11.2 Å². The second-order valence-corrected chi connectivity index (χ2v) is 7.60. The molecule has 1 saturated heterocycles. The molecule has 0 unspecified atom stereocenters. The first-order valence-electron chi connectivity index (χ1n) is 7.85. The van der Waals surface area contributed by atoms with Gasteiger partial charge < -0.3 is 14.7 Å². The van der Waals surface area contributed by atoms with Gasteiger partial charge in [-0.15, -0.1) is 0 Å². The van der Waals surface area contributed by atoms with Gasteiger partial charge in [-0.1, -0.05) is 31.4 Å². The third-order valence-electron chi connectivity index (χ3n) is 4.87. The highest BCUT2D eigenvalue weighted by Crippen LogP contribution is 2.36. The number of β-amino-alcohol motifs (C(OH)–C–C–N with tert-alkyl or cyclic N) is 1. The van der Waals surface area contributed by atoms with E-state index < -0.39 is 0 Å². The van der Waals surface area contributed by atoms with E-state index in [1.807, 2.05) is 0 Å². The van der Waals surface area contributed by atoms with Crippen LogP contribution in [0, 0.1) is 0 Å². The second-order valence-electron chi connectivity index (χ2n) is 7.60. The Hall–Kier alpha value is -0.930. The topological polar surface area (TPSA) is 32.7 Å². The van der Waals surface area contributed by atoms with Crippen LogP contribution in [0.5, 0.6) is 0 Å². The Morgan fingerprint density at radius 2 is 1.86 bits per heavy atom. The van der Waals surface area contributed by atoms with Gasteiger partial charge in [0.2, 0.25) is 0 Å². The molecule has 1 atom stereocenters. The van der Waals surface area contributed by atoms with E-state index in [-0.39, 0.29) is 17.0 Å². The van der Waals surface area contributed by atoms with Gasteiger partial charge in [-0.3, -0.25) is 0 Å². The normalized spacial score (nSPS) is 19.9. The van der Waals surface area contributed by atoms with Gasteiger partial charge in [0.25, 0.3) is 0 Å². The van der Waals surface area contributed by atoms with E-state index >= 15 is 0 Å². The van der Waals surface area contributed by atoms with E-state index in [1.54, 1.807) is 0 Å². The van der Waals surface area contributed by atoms with E-state index in [4.69, 9.17) is 4.65 Å². The van der Waals surface area contributed by atoms with Gasteiger partial charge in [0, 0.05) is 24.4 Å². The van der Waals surface area contributed by atoms with Crippen molar-refractivity contribution in [3.8, 4) is 0 Å². The lowest BCUT2D eigenvalue weighted by atomic mass is 9.61. The molecule has 0 radical (unpaired) electrons. The van der Waals surface area contributed by atoms with E-state index in [2.05, 4.69) is 64.7 Å². The molecule has 0 spiro atoms. The van der Waals surface area contributed by atoms with Gasteiger partial charge in [-0.2, -0.15) is 0 Å². The minimum atomic E-state index is -0.180. The van der Waals surface area contributed by atoms with Crippen molar-refractivity contribution in [1.29, 1.82) is 0 Å². The predicted octanol–water partition coefficient (Wildman–Crippen LogP) is 0.861. The summed E-state index contributed by atoms with van der Waals surface area (Å²) in [7, 11) is 2.84. The standard InChI is InChI=1S/C16H27B2NO2/c1-15(2,17)16(3,4)21-18-12-5-7-13(8-6-12)19-10-9-14(20)11-19/h5-8,14,18,20H,9-11,17H2,1-4H3/t14-/m1/s1. The molecule has 0 aromatic heterocycles. The Balaban J connectivity index is 1.94. The molecule has 114 valence electrons. The smallest absolute Gasteiger partial charge is 0.309 e. The molecule has 2 rings (SSSR count). The quantitative estimate of drug-likeness (QED) is 0.815. The lowest BCUT2D eigenvalue weighted by Crippen LogP contribution is -2.40. The SMILES string of the molecule is BC(C)(C)C(C)(C)OBc1ccc(N2CC[C@@H](O)C2)cc1. The maximum absolute atomic E-state index is 9.60. The number of rotatable bonds is 5. The number of hydrogen-bond donors (Lipinski definition) is 1. The lowest BCUT2D eigenvalue weighted by Gasteiger charge is -2.39. The van der Waals surface area contributed by atoms with Crippen LogP contribution in [0.15, 0.2) is 24.3 Å². The zero-order valence-electron chi connectivity index (χ0n) is 14.0. The van der Waals surface area contributed by atoms with Gasteiger partial charge in [0.15, 0.2) is 0 Å². The molecule has 1 aromatic carbocycles. The van der Waals surface area contributed by atoms with Crippen LogP contribution in [0.1, 0.15) is 34.1 Å². The minimum absolute atomic E-state index is 0.110. The minimum Gasteiger partial charge on any atom is -0.430 e. The summed E-state index contributed by atoms with van der Waals surface area (Å²) in [4.78, 5) is 2.23. The number of aliphatic hydroxyl groups excluding tert-OH is 1. The van der Waals surface area contributed by atoms with Crippen LogP contribution in [-0.4, -0.2) is 45.2 Å². The van der Waals surface area contributed by atoms with E-state index in [0.717, 1.165) is 19.5 Å². The zero-order chi connectivity index (χ0) is 15.7. The maximum atomic E-state index is 9.60.